The summed E-state index contributed by atoms with van der Waals surface area (Å²) in [6, 6.07) is 8.30. The highest BCUT2D eigenvalue weighted by Crippen LogP contribution is 2.36. The van der Waals surface area contributed by atoms with Gasteiger partial charge in [0.05, 0.1) is 58.7 Å². The Labute approximate surface area is 368 Å². The molecular formula is C46H54F2N10O6. The summed E-state index contributed by atoms with van der Waals surface area (Å²) in [6.45, 7) is 8.34. The predicted molar refractivity (Wildman–Crippen MR) is 234 cm³/mol. The summed E-state index contributed by atoms with van der Waals surface area (Å²) in [5.41, 5.74) is 1.85. The highest BCUT2D eigenvalue weighted by atomic mass is 19.3. The van der Waals surface area contributed by atoms with Crippen molar-refractivity contribution in [3.8, 4) is 11.8 Å². The molecule has 9 rings (SSSR count). The maximum atomic E-state index is 14.3. The van der Waals surface area contributed by atoms with Crippen LogP contribution in [-0.4, -0.2) is 109 Å². The van der Waals surface area contributed by atoms with E-state index in [9.17, 15) is 28.0 Å². The highest BCUT2D eigenvalue weighted by molar-refractivity contribution is 6.08. The number of alkyl halides is 2. The summed E-state index contributed by atoms with van der Waals surface area (Å²) < 4.78 is 46.9. The van der Waals surface area contributed by atoms with Crippen LogP contribution in [0.3, 0.4) is 0 Å². The second-order valence-electron chi connectivity index (χ2n) is 17.7. The van der Waals surface area contributed by atoms with Crippen molar-refractivity contribution in [3.63, 3.8) is 0 Å². The molecule has 0 spiro atoms. The number of hydrogen-bond acceptors (Lipinski definition) is 10. The summed E-state index contributed by atoms with van der Waals surface area (Å²) in [5, 5.41) is 9.37. The molecule has 0 radical (unpaired) electrons. The zero-order valence-corrected chi connectivity index (χ0v) is 36.3. The number of carbonyl (C=O) groups is 3. The molecular weight excluding hydrogens is 827 g/mol. The van der Waals surface area contributed by atoms with E-state index in [-0.39, 0.29) is 66.6 Å². The first-order valence-electron chi connectivity index (χ1n) is 22.3. The SMILES string of the molecule is C[C@@H]1CN(c2ccn3ccc(C(=O)Nc4cn(C5CCC(CN6CCC(OCC#Cc7cccc8c7n(C)c(=O)n8C7CCC(=O)NC7=O)CC6)CC5)nc4C(F)F)c3n2)[C@H](C)CO1. The molecule has 16 nitrogen and oxygen atoms in total. The largest absolute Gasteiger partial charge is 0.375 e. The van der Waals surface area contributed by atoms with E-state index in [1.165, 1.54) is 9.13 Å². The highest BCUT2D eigenvalue weighted by Gasteiger charge is 2.33. The fraction of sp³-hybridized carbons (Fsp3) is 0.522. The lowest BCUT2D eigenvalue weighted by Crippen LogP contribution is -2.47. The molecule has 3 atom stereocenters. The van der Waals surface area contributed by atoms with Gasteiger partial charge in [-0.3, -0.25) is 33.5 Å². The molecule has 3 amide bonds. The minimum Gasteiger partial charge on any atom is -0.375 e. The third-order valence-electron chi connectivity index (χ3n) is 13.3. The zero-order chi connectivity index (χ0) is 44.6. The van der Waals surface area contributed by atoms with Gasteiger partial charge in [0.25, 0.3) is 12.3 Å². The van der Waals surface area contributed by atoms with Gasteiger partial charge in [-0.25, -0.2) is 18.6 Å². The van der Waals surface area contributed by atoms with Crippen LogP contribution in [0.1, 0.15) is 105 Å². The Kier molecular flexibility index (Phi) is 12.4. The van der Waals surface area contributed by atoms with Crippen molar-refractivity contribution < 1.29 is 32.6 Å². The van der Waals surface area contributed by atoms with Gasteiger partial charge in [0.15, 0.2) is 11.3 Å². The van der Waals surface area contributed by atoms with Crippen LogP contribution >= 0.6 is 0 Å². The number of imide groups is 1. The molecule has 4 fully saturated rings. The van der Waals surface area contributed by atoms with Crippen LogP contribution in [0.4, 0.5) is 20.3 Å². The van der Waals surface area contributed by atoms with E-state index in [1.807, 2.05) is 31.3 Å². The number of rotatable bonds is 10. The molecule has 1 aromatic carbocycles. The third-order valence-corrected chi connectivity index (χ3v) is 13.3. The Morgan fingerprint density at radius 3 is 2.58 bits per heavy atom. The number of morpholine rings is 1. The molecule has 338 valence electrons. The summed E-state index contributed by atoms with van der Waals surface area (Å²) in [7, 11) is 1.66. The first-order chi connectivity index (χ1) is 30.9. The zero-order valence-electron chi connectivity index (χ0n) is 36.3. The molecule has 2 N–H and O–H groups in total. The van der Waals surface area contributed by atoms with Crippen molar-refractivity contribution >= 4 is 45.9 Å². The Balaban J connectivity index is 0.753. The Morgan fingerprint density at radius 1 is 1.03 bits per heavy atom. The number of ether oxygens (including phenoxy) is 2. The van der Waals surface area contributed by atoms with Gasteiger partial charge >= 0.3 is 5.69 Å². The molecule has 3 aliphatic heterocycles. The molecule has 0 bridgehead atoms. The molecule has 4 aromatic heterocycles. The minimum atomic E-state index is -2.86. The maximum absolute atomic E-state index is 14.3. The van der Waals surface area contributed by atoms with E-state index in [0.29, 0.717) is 41.3 Å². The Bertz CT molecular complexity index is 2680. The number of amides is 3. The fourth-order valence-corrected chi connectivity index (χ4v) is 9.84. The quantitative estimate of drug-likeness (QED) is 0.140. The molecule has 18 heteroatoms. The number of likely N-dealkylation sites (tertiary alicyclic amines) is 1. The Hall–Kier alpha value is -5.90. The number of nitrogens with one attached hydrogen (secondary N) is 2. The number of imidazole rings is 1. The number of anilines is 2. The molecule has 5 aromatic rings. The number of aromatic nitrogens is 6. The van der Waals surface area contributed by atoms with Crippen molar-refractivity contribution in [3.05, 3.63) is 76.2 Å². The molecule has 1 unspecified atom stereocenters. The Morgan fingerprint density at radius 2 is 1.81 bits per heavy atom. The molecule has 3 saturated heterocycles. The van der Waals surface area contributed by atoms with E-state index in [2.05, 4.69) is 44.3 Å². The lowest BCUT2D eigenvalue weighted by Gasteiger charge is -2.37. The average Bonchev–Trinajstić information content (AvgIpc) is 3.98. The summed E-state index contributed by atoms with van der Waals surface area (Å²) in [6.07, 6.45) is 8.12. The number of aryl methyl sites for hydroxylation is 1. The monoisotopic (exact) mass is 880 g/mol. The van der Waals surface area contributed by atoms with Crippen LogP contribution in [0.15, 0.2) is 53.7 Å². The van der Waals surface area contributed by atoms with Gasteiger partial charge in [-0.15, -0.1) is 0 Å². The lowest BCUT2D eigenvalue weighted by molar-refractivity contribution is -0.135. The average molecular weight is 881 g/mol. The molecule has 4 aliphatic rings. The normalized spacial score (nSPS) is 23.7. The van der Waals surface area contributed by atoms with Gasteiger partial charge in [-0.05, 0) is 89.0 Å². The van der Waals surface area contributed by atoms with E-state index in [4.69, 9.17) is 14.5 Å². The standard InChI is InChI=1S/C46H54F2N10O6/c1-28-27-64-29(2)24-56(28)38-18-22-55-21-17-34(43(55)50-38)44(60)49-35-26-57(52-40(35)42(47)48)32-11-9-30(10-12-32)25-54-19-15-33(16-20-54)63-23-5-7-31-6-4-8-36-41(31)53(3)46(62)58(36)37-13-14-39(59)51-45(37)61/h4,6,8,17-18,21-22,26,28-30,32-33,37,42H,9-16,19-20,23-25,27H2,1-3H3,(H,49,60)(H,51,59,61)/t28-,29-,30?,32?,37?/m1/s1. The fourth-order valence-electron chi connectivity index (χ4n) is 9.84. The third kappa shape index (κ3) is 8.80. The van der Waals surface area contributed by atoms with Crippen molar-refractivity contribution in [1.29, 1.82) is 0 Å². The van der Waals surface area contributed by atoms with Crippen LogP contribution in [0, 0.1) is 17.8 Å². The van der Waals surface area contributed by atoms with Gasteiger partial charge in [0.2, 0.25) is 11.8 Å². The van der Waals surface area contributed by atoms with Crippen LogP contribution in [0.5, 0.6) is 0 Å². The number of para-hydroxylation sites is 1. The lowest BCUT2D eigenvalue weighted by atomic mass is 9.85. The first-order valence-corrected chi connectivity index (χ1v) is 22.3. The summed E-state index contributed by atoms with van der Waals surface area (Å²) in [5.74, 6) is 6.16. The number of fused-ring (bicyclic) bond motifs is 2. The minimum absolute atomic E-state index is 0.00960. The number of hydrogen-bond donors (Lipinski definition) is 2. The molecule has 1 saturated carbocycles. The second kappa shape index (κ2) is 18.3. The van der Waals surface area contributed by atoms with Crippen LogP contribution in [-0.2, 0) is 26.1 Å². The number of carbonyl (C=O) groups excluding carboxylic acids is 3. The summed E-state index contributed by atoms with van der Waals surface area (Å²) in [4.78, 5) is 60.6. The van der Waals surface area contributed by atoms with Crippen molar-refractivity contribution in [1.82, 2.24) is 38.5 Å². The van der Waals surface area contributed by atoms with Crippen LogP contribution in [0.2, 0.25) is 0 Å². The topological polar surface area (TPSA) is 162 Å². The maximum Gasteiger partial charge on any atom is 0.329 e. The van der Waals surface area contributed by atoms with Crippen LogP contribution < -0.4 is 21.2 Å². The van der Waals surface area contributed by atoms with E-state index in [1.54, 1.807) is 40.7 Å². The first kappa shape index (κ1) is 43.4. The van der Waals surface area contributed by atoms with Crippen molar-refractivity contribution in [2.45, 2.75) is 102 Å². The molecule has 64 heavy (non-hydrogen) atoms. The van der Waals surface area contributed by atoms with Crippen molar-refractivity contribution in [2.75, 3.05) is 49.6 Å². The van der Waals surface area contributed by atoms with Gasteiger partial charge in [0, 0.05) is 58.2 Å². The predicted octanol–water partition coefficient (Wildman–Crippen LogP) is 5.23. The van der Waals surface area contributed by atoms with Gasteiger partial charge in [0.1, 0.15) is 18.5 Å². The summed E-state index contributed by atoms with van der Waals surface area (Å²) >= 11 is 0. The molecule has 7 heterocycles. The van der Waals surface area contributed by atoms with E-state index >= 15 is 0 Å². The van der Waals surface area contributed by atoms with Gasteiger partial charge in [-0.1, -0.05) is 17.9 Å². The number of piperidine rings is 2. The van der Waals surface area contributed by atoms with E-state index in [0.717, 1.165) is 64.0 Å². The number of nitrogens with zero attached hydrogens (tertiary/aromatic N) is 8. The van der Waals surface area contributed by atoms with Crippen LogP contribution in [0.25, 0.3) is 16.7 Å². The molecule has 1 aliphatic carbocycles. The van der Waals surface area contributed by atoms with Crippen molar-refractivity contribution in [2.24, 2.45) is 13.0 Å². The van der Waals surface area contributed by atoms with Gasteiger partial charge < -0.3 is 29.0 Å². The number of benzene rings is 1. The van der Waals surface area contributed by atoms with E-state index < -0.39 is 30.0 Å². The smallest absolute Gasteiger partial charge is 0.329 e. The van der Waals surface area contributed by atoms with Gasteiger partial charge in [-0.2, -0.15) is 5.10 Å². The number of halogens is 2. The second-order valence-corrected chi connectivity index (χ2v) is 17.7.